The fraction of sp³-hybridized carbons (Fsp3) is 0.370. The van der Waals surface area contributed by atoms with Crippen molar-refractivity contribution in [3.63, 3.8) is 0 Å². The minimum atomic E-state index is -0.546. The minimum Gasteiger partial charge on any atom is -1.00 e. The number of piperidine rings is 3. The first-order valence-electron chi connectivity index (χ1n) is 11.3. The van der Waals surface area contributed by atoms with Crippen molar-refractivity contribution in [2.45, 2.75) is 31.5 Å². The second kappa shape index (κ2) is 9.22. The topological polar surface area (TPSA) is 42.4 Å². The van der Waals surface area contributed by atoms with E-state index in [0.717, 1.165) is 52.8 Å². The molecule has 1 aromatic heterocycles. The van der Waals surface area contributed by atoms with Gasteiger partial charge in [0, 0.05) is 35.9 Å². The van der Waals surface area contributed by atoms with E-state index in [-0.39, 0.29) is 18.4 Å². The van der Waals surface area contributed by atoms with Crippen LogP contribution >= 0.6 is 0 Å². The Morgan fingerprint density at radius 2 is 2.03 bits per heavy atom. The molecule has 0 amide bonds. The molecule has 1 N–H and O–H groups in total. The van der Waals surface area contributed by atoms with Gasteiger partial charge in [-0.25, -0.2) is 0 Å². The van der Waals surface area contributed by atoms with Gasteiger partial charge in [0.25, 0.3) is 0 Å². The number of quaternary nitrogens is 1. The van der Waals surface area contributed by atoms with Gasteiger partial charge in [-0.1, -0.05) is 36.4 Å². The number of rotatable bonds is 6. The number of aliphatic hydroxyl groups excluding tert-OH is 1. The molecule has 0 saturated carbocycles. The van der Waals surface area contributed by atoms with Gasteiger partial charge in [-0.2, -0.15) is 0 Å². The maximum Gasteiger partial charge on any atom is 0.131 e. The lowest BCUT2D eigenvalue weighted by molar-refractivity contribution is -0.984. The van der Waals surface area contributed by atoms with Crippen LogP contribution in [0.5, 0.6) is 5.75 Å². The lowest BCUT2D eigenvalue weighted by atomic mass is 9.71. The summed E-state index contributed by atoms with van der Waals surface area (Å²) in [7, 11) is 1.68. The molecule has 3 unspecified atom stereocenters. The van der Waals surface area contributed by atoms with E-state index in [4.69, 9.17) is 4.74 Å². The number of aromatic nitrogens is 1. The predicted octanol–water partition coefficient (Wildman–Crippen LogP) is 1.89. The van der Waals surface area contributed by atoms with Gasteiger partial charge < -0.3 is 26.7 Å². The molecular formula is C27H31ClN2O2. The Kier molecular flexibility index (Phi) is 6.57. The van der Waals surface area contributed by atoms with Crippen molar-refractivity contribution in [2.75, 3.05) is 20.2 Å². The summed E-state index contributed by atoms with van der Waals surface area (Å²) in [6.07, 6.45) is 5.65. The van der Waals surface area contributed by atoms with Gasteiger partial charge in [-0.05, 0) is 35.7 Å². The normalized spacial score (nSPS) is 27.5. The number of halogens is 1. The SMILES string of the molecule is C=CC1C[N+]2(Cc3ccccc3)CCC1C[C@@H]2[C@@H](O)c1ccnc2ccc(OC)cc12.[Cl-]. The van der Waals surface area contributed by atoms with Crippen LogP contribution in [0.4, 0.5) is 0 Å². The number of pyridine rings is 1. The second-order valence-electron chi connectivity index (χ2n) is 9.25. The van der Waals surface area contributed by atoms with Crippen molar-refractivity contribution in [1.29, 1.82) is 0 Å². The lowest BCUT2D eigenvalue weighted by Crippen LogP contribution is -3.00. The molecule has 3 aliphatic rings. The molecule has 4 nitrogen and oxygen atoms in total. The number of hydrogen-bond donors (Lipinski definition) is 1. The third kappa shape index (κ3) is 3.92. The first kappa shape index (κ1) is 22.8. The van der Waals surface area contributed by atoms with Crippen LogP contribution in [0.15, 0.2) is 73.4 Å². The van der Waals surface area contributed by atoms with Crippen molar-refractivity contribution in [1.82, 2.24) is 4.98 Å². The van der Waals surface area contributed by atoms with Crippen molar-refractivity contribution in [3.8, 4) is 5.75 Å². The van der Waals surface area contributed by atoms with Crippen LogP contribution in [0, 0.1) is 11.8 Å². The van der Waals surface area contributed by atoms with E-state index in [9.17, 15) is 5.11 Å². The molecule has 3 fully saturated rings. The zero-order valence-corrected chi connectivity index (χ0v) is 19.3. The number of hydrogen-bond acceptors (Lipinski definition) is 3. The van der Waals surface area contributed by atoms with Crippen molar-refractivity contribution >= 4 is 10.9 Å². The summed E-state index contributed by atoms with van der Waals surface area (Å²) in [4.78, 5) is 4.52. The Hall–Kier alpha value is -2.40. The molecule has 0 radical (unpaired) electrons. The highest BCUT2D eigenvalue weighted by Gasteiger charge is 2.53. The van der Waals surface area contributed by atoms with Crippen LogP contribution in [-0.2, 0) is 6.54 Å². The lowest BCUT2D eigenvalue weighted by Gasteiger charge is -2.58. The molecule has 32 heavy (non-hydrogen) atoms. The average molecular weight is 451 g/mol. The van der Waals surface area contributed by atoms with E-state index in [1.165, 1.54) is 12.0 Å². The molecule has 0 aliphatic carbocycles. The number of aliphatic hydroxyl groups is 1. The quantitative estimate of drug-likeness (QED) is 0.460. The molecule has 4 heterocycles. The van der Waals surface area contributed by atoms with Crippen LogP contribution in [-0.4, -0.2) is 40.8 Å². The summed E-state index contributed by atoms with van der Waals surface area (Å²) in [6.45, 7) is 7.25. The molecule has 3 aliphatic heterocycles. The Balaban J connectivity index is 0.00000245. The van der Waals surface area contributed by atoms with Gasteiger partial charge in [0.1, 0.15) is 24.4 Å². The summed E-state index contributed by atoms with van der Waals surface area (Å²) in [5, 5.41) is 12.8. The highest BCUT2D eigenvalue weighted by Crippen LogP contribution is 2.48. The van der Waals surface area contributed by atoms with Gasteiger partial charge in [-0.15, -0.1) is 6.58 Å². The highest BCUT2D eigenvalue weighted by atomic mass is 35.5. The summed E-state index contributed by atoms with van der Waals surface area (Å²) in [5.41, 5.74) is 3.19. The van der Waals surface area contributed by atoms with E-state index in [2.05, 4.69) is 48.0 Å². The smallest absolute Gasteiger partial charge is 0.131 e. The molecule has 0 spiro atoms. The van der Waals surface area contributed by atoms with Crippen LogP contribution in [0.25, 0.3) is 10.9 Å². The molecular weight excluding hydrogens is 420 g/mol. The fourth-order valence-corrected chi connectivity index (χ4v) is 6.07. The number of benzene rings is 2. The Morgan fingerprint density at radius 3 is 2.78 bits per heavy atom. The summed E-state index contributed by atoms with van der Waals surface area (Å²) in [5.74, 6) is 1.92. The predicted molar refractivity (Wildman–Crippen MR) is 124 cm³/mol. The molecule has 2 bridgehead atoms. The minimum absolute atomic E-state index is 0. The molecule has 5 atom stereocenters. The van der Waals surface area contributed by atoms with Gasteiger partial charge in [0.15, 0.2) is 0 Å². The van der Waals surface area contributed by atoms with E-state index in [1.54, 1.807) is 7.11 Å². The molecule has 5 heteroatoms. The maximum absolute atomic E-state index is 11.8. The van der Waals surface area contributed by atoms with Gasteiger partial charge in [0.05, 0.1) is 25.7 Å². The molecule has 168 valence electrons. The van der Waals surface area contributed by atoms with Crippen LogP contribution < -0.4 is 17.1 Å². The number of methoxy groups -OCH3 is 1. The molecule has 6 rings (SSSR count). The highest BCUT2D eigenvalue weighted by molar-refractivity contribution is 5.83. The molecule has 2 aromatic carbocycles. The van der Waals surface area contributed by atoms with E-state index >= 15 is 0 Å². The van der Waals surface area contributed by atoms with Gasteiger partial charge in [-0.3, -0.25) is 4.98 Å². The number of nitrogens with zero attached hydrogens (tertiary/aromatic N) is 2. The zero-order chi connectivity index (χ0) is 21.4. The van der Waals surface area contributed by atoms with Crippen molar-refractivity contribution in [3.05, 3.63) is 84.6 Å². The average Bonchev–Trinajstić information content (AvgIpc) is 2.83. The first-order chi connectivity index (χ1) is 15.1. The first-order valence-corrected chi connectivity index (χ1v) is 11.3. The van der Waals surface area contributed by atoms with Gasteiger partial charge >= 0.3 is 0 Å². The number of ether oxygens (including phenoxy) is 1. The largest absolute Gasteiger partial charge is 1.00 e. The van der Waals surface area contributed by atoms with E-state index in [1.807, 2.05) is 30.5 Å². The summed E-state index contributed by atoms with van der Waals surface area (Å²) in [6, 6.07) is 18.8. The van der Waals surface area contributed by atoms with Crippen LogP contribution in [0.2, 0.25) is 0 Å². The molecule has 3 saturated heterocycles. The monoisotopic (exact) mass is 450 g/mol. The van der Waals surface area contributed by atoms with Crippen molar-refractivity contribution in [2.24, 2.45) is 11.8 Å². The maximum atomic E-state index is 11.8. The van der Waals surface area contributed by atoms with Crippen LogP contribution in [0.3, 0.4) is 0 Å². The summed E-state index contributed by atoms with van der Waals surface area (Å²) < 4.78 is 6.38. The van der Waals surface area contributed by atoms with E-state index < -0.39 is 6.10 Å². The Bertz CT molecular complexity index is 1090. The van der Waals surface area contributed by atoms with Crippen molar-refractivity contribution < 1.29 is 26.7 Å². The Labute approximate surface area is 196 Å². The van der Waals surface area contributed by atoms with E-state index in [0.29, 0.717) is 11.8 Å². The van der Waals surface area contributed by atoms with Gasteiger partial charge in [0.2, 0.25) is 0 Å². The third-order valence-electron chi connectivity index (χ3n) is 7.68. The Morgan fingerprint density at radius 1 is 1.22 bits per heavy atom. The zero-order valence-electron chi connectivity index (χ0n) is 18.5. The standard InChI is InChI=1S/C27H31N2O2.ClH/c1-3-20-18-29(17-19-7-5-4-6-8-19)14-12-21(20)15-26(29)27(30)23-11-13-28-25-10-9-22(31-2)16-24(23)25;/h3-11,13,16,20-21,26-27,30H,1,12,14-15,17-18H2,2H3;1H/q+1;/p-1/t20?,21?,26-,27+,29?;/m1./s1. The number of fused-ring (bicyclic) bond motifs is 4. The second-order valence-corrected chi connectivity index (χ2v) is 9.25. The van der Waals surface area contributed by atoms with Crippen LogP contribution in [0.1, 0.15) is 30.1 Å². The third-order valence-corrected chi connectivity index (χ3v) is 7.68. The fourth-order valence-electron chi connectivity index (χ4n) is 6.07. The molecule has 3 aromatic rings. The summed E-state index contributed by atoms with van der Waals surface area (Å²) >= 11 is 0.